The SMILES string of the molecule is CCC(NC(=O)C1COc2ccccc21)(C(=O)O)c1ccccc1. The Bertz CT molecular complexity index is 759. The van der Waals surface area contributed by atoms with Crippen molar-refractivity contribution in [2.75, 3.05) is 6.61 Å². The van der Waals surface area contributed by atoms with Crippen molar-refractivity contribution >= 4 is 11.9 Å². The molecule has 0 saturated carbocycles. The Morgan fingerprint density at radius 1 is 1.17 bits per heavy atom. The standard InChI is InChI=1S/C19H19NO4/c1-2-19(18(22)23,13-8-4-3-5-9-13)20-17(21)15-12-24-16-11-7-6-10-14(15)16/h3-11,15H,2,12H2,1H3,(H,20,21)(H,22,23). The van der Waals surface area contributed by atoms with Crippen molar-refractivity contribution < 1.29 is 19.4 Å². The van der Waals surface area contributed by atoms with E-state index in [1.54, 1.807) is 31.2 Å². The minimum Gasteiger partial charge on any atom is -0.492 e. The van der Waals surface area contributed by atoms with Crippen LogP contribution < -0.4 is 10.1 Å². The molecule has 0 aliphatic carbocycles. The van der Waals surface area contributed by atoms with Gasteiger partial charge < -0.3 is 15.2 Å². The molecule has 2 aromatic rings. The average molecular weight is 325 g/mol. The second-order valence-corrected chi connectivity index (χ2v) is 5.82. The predicted molar refractivity (Wildman–Crippen MR) is 88.9 cm³/mol. The van der Waals surface area contributed by atoms with E-state index in [4.69, 9.17) is 4.74 Å². The van der Waals surface area contributed by atoms with Gasteiger partial charge in [-0.1, -0.05) is 55.5 Å². The summed E-state index contributed by atoms with van der Waals surface area (Å²) in [6, 6.07) is 16.1. The molecule has 1 aliphatic rings. The summed E-state index contributed by atoms with van der Waals surface area (Å²) < 4.78 is 5.54. The maximum Gasteiger partial charge on any atom is 0.334 e. The van der Waals surface area contributed by atoms with Gasteiger partial charge in [0.05, 0.1) is 0 Å². The number of carboxylic acid groups (broad SMARTS) is 1. The molecule has 124 valence electrons. The van der Waals surface area contributed by atoms with Crippen LogP contribution in [0.15, 0.2) is 54.6 Å². The molecular weight excluding hydrogens is 306 g/mol. The first-order chi connectivity index (χ1) is 11.6. The molecule has 2 aromatic carbocycles. The molecule has 5 nitrogen and oxygen atoms in total. The zero-order valence-electron chi connectivity index (χ0n) is 13.4. The normalized spacial score (nSPS) is 18.1. The first-order valence-corrected chi connectivity index (χ1v) is 7.91. The Balaban J connectivity index is 1.92. The fourth-order valence-electron chi connectivity index (χ4n) is 3.09. The van der Waals surface area contributed by atoms with E-state index >= 15 is 0 Å². The molecule has 0 bridgehead atoms. The molecule has 0 fully saturated rings. The van der Waals surface area contributed by atoms with Crippen molar-refractivity contribution in [2.24, 2.45) is 0 Å². The van der Waals surface area contributed by atoms with E-state index in [1.165, 1.54) is 0 Å². The van der Waals surface area contributed by atoms with E-state index < -0.39 is 17.4 Å². The maximum atomic E-state index is 12.8. The van der Waals surface area contributed by atoms with Gasteiger partial charge in [-0.15, -0.1) is 0 Å². The molecule has 0 radical (unpaired) electrons. The van der Waals surface area contributed by atoms with E-state index in [0.717, 1.165) is 5.56 Å². The monoisotopic (exact) mass is 325 g/mol. The van der Waals surface area contributed by atoms with Crippen molar-refractivity contribution in [1.29, 1.82) is 0 Å². The summed E-state index contributed by atoms with van der Waals surface area (Å²) >= 11 is 0. The highest BCUT2D eigenvalue weighted by Gasteiger charge is 2.43. The van der Waals surface area contributed by atoms with E-state index in [0.29, 0.717) is 11.3 Å². The number of hydrogen-bond acceptors (Lipinski definition) is 3. The molecule has 2 atom stereocenters. The number of hydrogen-bond donors (Lipinski definition) is 2. The van der Waals surface area contributed by atoms with Crippen LogP contribution in [0.5, 0.6) is 5.75 Å². The Labute approximate surface area is 140 Å². The smallest absolute Gasteiger partial charge is 0.334 e. The van der Waals surface area contributed by atoms with Gasteiger partial charge in [0.15, 0.2) is 5.54 Å². The molecule has 5 heteroatoms. The van der Waals surface area contributed by atoms with Gasteiger partial charge in [-0.25, -0.2) is 4.79 Å². The van der Waals surface area contributed by atoms with Crippen LogP contribution in [0.2, 0.25) is 0 Å². The van der Waals surface area contributed by atoms with Crippen molar-refractivity contribution in [1.82, 2.24) is 5.32 Å². The number of carbonyl (C=O) groups is 2. The summed E-state index contributed by atoms with van der Waals surface area (Å²) in [5.41, 5.74) is -0.102. The largest absolute Gasteiger partial charge is 0.492 e. The molecule has 1 amide bonds. The van der Waals surface area contributed by atoms with Gasteiger partial charge in [0, 0.05) is 5.56 Å². The molecule has 1 heterocycles. The number of carbonyl (C=O) groups excluding carboxylic acids is 1. The van der Waals surface area contributed by atoms with E-state index in [-0.39, 0.29) is 18.9 Å². The third kappa shape index (κ3) is 2.62. The number of fused-ring (bicyclic) bond motifs is 1. The van der Waals surface area contributed by atoms with Gasteiger partial charge in [-0.3, -0.25) is 4.79 Å². The van der Waals surface area contributed by atoms with Gasteiger partial charge in [0.1, 0.15) is 18.3 Å². The lowest BCUT2D eigenvalue weighted by molar-refractivity contribution is -0.148. The molecule has 0 aromatic heterocycles. The number of ether oxygens (including phenoxy) is 1. The van der Waals surface area contributed by atoms with Crippen LogP contribution >= 0.6 is 0 Å². The number of para-hydroxylation sites is 1. The van der Waals surface area contributed by atoms with Crippen molar-refractivity contribution in [2.45, 2.75) is 24.8 Å². The van der Waals surface area contributed by atoms with Gasteiger partial charge in [-0.2, -0.15) is 0 Å². The summed E-state index contributed by atoms with van der Waals surface area (Å²) in [7, 11) is 0. The fourth-order valence-corrected chi connectivity index (χ4v) is 3.09. The van der Waals surface area contributed by atoms with Crippen LogP contribution in [0.25, 0.3) is 0 Å². The van der Waals surface area contributed by atoms with E-state index in [1.807, 2.05) is 30.3 Å². The predicted octanol–water partition coefficient (Wildman–Crippen LogP) is 2.67. The molecule has 24 heavy (non-hydrogen) atoms. The zero-order chi connectivity index (χ0) is 17.2. The van der Waals surface area contributed by atoms with Gasteiger partial charge in [0.25, 0.3) is 0 Å². The highest BCUT2D eigenvalue weighted by atomic mass is 16.5. The summed E-state index contributed by atoms with van der Waals surface area (Å²) in [5.74, 6) is -1.24. The second kappa shape index (κ2) is 6.35. The Morgan fingerprint density at radius 2 is 1.83 bits per heavy atom. The van der Waals surface area contributed by atoms with Crippen LogP contribution in [-0.2, 0) is 15.1 Å². The molecule has 3 rings (SSSR count). The van der Waals surface area contributed by atoms with E-state index in [9.17, 15) is 14.7 Å². The van der Waals surface area contributed by atoms with Gasteiger partial charge in [0.2, 0.25) is 5.91 Å². The number of benzene rings is 2. The average Bonchev–Trinajstić information content (AvgIpc) is 3.04. The summed E-state index contributed by atoms with van der Waals surface area (Å²) in [6.45, 7) is 1.97. The van der Waals surface area contributed by atoms with E-state index in [2.05, 4.69) is 5.32 Å². The highest BCUT2D eigenvalue weighted by molar-refractivity contribution is 5.92. The zero-order valence-corrected chi connectivity index (χ0v) is 13.4. The number of aliphatic carboxylic acids is 1. The quantitative estimate of drug-likeness (QED) is 0.886. The number of rotatable bonds is 5. The Kier molecular flexibility index (Phi) is 4.25. The first-order valence-electron chi connectivity index (χ1n) is 7.91. The van der Waals surface area contributed by atoms with Crippen LogP contribution in [0.4, 0.5) is 0 Å². The molecule has 1 aliphatic heterocycles. The second-order valence-electron chi connectivity index (χ2n) is 5.82. The third-order valence-corrected chi connectivity index (χ3v) is 4.52. The lowest BCUT2D eigenvalue weighted by atomic mass is 9.86. The Hall–Kier alpha value is -2.82. The Morgan fingerprint density at radius 3 is 2.50 bits per heavy atom. The highest BCUT2D eigenvalue weighted by Crippen LogP contribution is 2.35. The summed E-state index contributed by atoms with van der Waals surface area (Å²) in [4.78, 5) is 24.8. The lowest BCUT2D eigenvalue weighted by Gasteiger charge is -2.31. The van der Waals surface area contributed by atoms with Crippen LogP contribution in [0, 0.1) is 0 Å². The molecule has 0 spiro atoms. The molecule has 2 N–H and O–H groups in total. The first kappa shape index (κ1) is 16.1. The fraction of sp³-hybridized carbons (Fsp3) is 0.263. The molecular formula is C19H19NO4. The van der Waals surface area contributed by atoms with Crippen molar-refractivity contribution in [3.05, 3.63) is 65.7 Å². The van der Waals surface area contributed by atoms with Crippen LogP contribution in [0.1, 0.15) is 30.4 Å². The minimum absolute atomic E-state index is 0.222. The van der Waals surface area contributed by atoms with Crippen LogP contribution in [-0.4, -0.2) is 23.6 Å². The number of amides is 1. The van der Waals surface area contributed by atoms with Crippen LogP contribution in [0.3, 0.4) is 0 Å². The number of nitrogens with one attached hydrogen (secondary N) is 1. The summed E-state index contributed by atoms with van der Waals surface area (Å²) in [5, 5.41) is 12.6. The molecule has 2 unspecified atom stereocenters. The summed E-state index contributed by atoms with van der Waals surface area (Å²) in [6.07, 6.45) is 0.243. The van der Waals surface area contributed by atoms with Crippen molar-refractivity contribution in [3.8, 4) is 5.75 Å². The molecule has 0 saturated heterocycles. The van der Waals surface area contributed by atoms with Crippen molar-refractivity contribution in [3.63, 3.8) is 0 Å². The van der Waals surface area contributed by atoms with Gasteiger partial charge >= 0.3 is 5.97 Å². The number of carboxylic acids is 1. The lowest BCUT2D eigenvalue weighted by Crippen LogP contribution is -2.53. The minimum atomic E-state index is -1.45. The van der Waals surface area contributed by atoms with Gasteiger partial charge in [-0.05, 0) is 18.1 Å². The maximum absolute atomic E-state index is 12.8. The topological polar surface area (TPSA) is 75.6 Å². The third-order valence-electron chi connectivity index (χ3n) is 4.52.